The summed E-state index contributed by atoms with van der Waals surface area (Å²) in [6.07, 6.45) is 1.63. The van der Waals surface area contributed by atoms with E-state index in [4.69, 9.17) is 4.74 Å². The SMILES string of the molecule is COC(C)C(C)NC1CCSC1. The number of thioether (sulfide) groups is 1. The van der Waals surface area contributed by atoms with E-state index in [2.05, 4.69) is 19.2 Å². The molecule has 0 bridgehead atoms. The van der Waals surface area contributed by atoms with Gasteiger partial charge >= 0.3 is 0 Å². The molecule has 3 unspecified atom stereocenters. The maximum absolute atomic E-state index is 5.25. The van der Waals surface area contributed by atoms with Gasteiger partial charge in [-0.1, -0.05) is 0 Å². The van der Waals surface area contributed by atoms with Crippen LogP contribution in [0.15, 0.2) is 0 Å². The van der Waals surface area contributed by atoms with Crippen LogP contribution in [0.2, 0.25) is 0 Å². The average Bonchev–Trinajstić information content (AvgIpc) is 2.55. The predicted octanol–water partition coefficient (Wildman–Crippen LogP) is 1.50. The van der Waals surface area contributed by atoms with E-state index in [1.165, 1.54) is 17.9 Å². The number of methoxy groups -OCH3 is 1. The van der Waals surface area contributed by atoms with Gasteiger partial charge in [0.25, 0.3) is 0 Å². The highest BCUT2D eigenvalue weighted by Crippen LogP contribution is 2.17. The second-order valence-electron chi connectivity index (χ2n) is 3.46. The van der Waals surface area contributed by atoms with Crippen molar-refractivity contribution in [2.45, 2.75) is 38.5 Å². The summed E-state index contributed by atoms with van der Waals surface area (Å²) in [5.41, 5.74) is 0. The predicted molar refractivity (Wildman–Crippen MR) is 54.8 cm³/mol. The van der Waals surface area contributed by atoms with Crippen LogP contribution in [0.4, 0.5) is 0 Å². The van der Waals surface area contributed by atoms with Gasteiger partial charge in [0.15, 0.2) is 0 Å². The molecular weight excluding hydrogens is 170 g/mol. The van der Waals surface area contributed by atoms with Gasteiger partial charge in [0.2, 0.25) is 0 Å². The Morgan fingerprint density at radius 1 is 1.50 bits per heavy atom. The molecule has 0 aliphatic carbocycles. The molecule has 1 saturated heterocycles. The van der Waals surface area contributed by atoms with Crippen molar-refractivity contribution in [3.8, 4) is 0 Å². The fourth-order valence-corrected chi connectivity index (χ4v) is 2.54. The van der Waals surface area contributed by atoms with Crippen LogP contribution in [0.5, 0.6) is 0 Å². The summed E-state index contributed by atoms with van der Waals surface area (Å²) in [6, 6.07) is 1.18. The Balaban J connectivity index is 2.19. The summed E-state index contributed by atoms with van der Waals surface area (Å²) in [5.74, 6) is 2.58. The van der Waals surface area contributed by atoms with E-state index in [-0.39, 0.29) is 0 Å². The fourth-order valence-electron chi connectivity index (χ4n) is 1.38. The highest BCUT2D eigenvalue weighted by atomic mass is 32.2. The van der Waals surface area contributed by atoms with E-state index < -0.39 is 0 Å². The minimum absolute atomic E-state index is 0.315. The van der Waals surface area contributed by atoms with Crippen molar-refractivity contribution in [2.24, 2.45) is 0 Å². The van der Waals surface area contributed by atoms with Crippen LogP contribution in [-0.2, 0) is 4.74 Å². The summed E-state index contributed by atoms with van der Waals surface area (Å²) in [5, 5.41) is 3.58. The van der Waals surface area contributed by atoms with Crippen LogP contribution in [0, 0.1) is 0 Å². The lowest BCUT2D eigenvalue weighted by atomic mass is 10.1. The molecule has 1 aliphatic heterocycles. The van der Waals surface area contributed by atoms with Crippen molar-refractivity contribution in [1.82, 2.24) is 5.32 Å². The summed E-state index contributed by atoms with van der Waals surface area (Å²) < 4.78 is 5.25. The van der Waals surface area contributed by atoms with Crippen molar-refractivity contribution in [1.29, 1.82) is 0 Å². The van der Waals surface area contributed by atoms with Gasteiger partial charge in [0, 0.05) is 24.9 Å². The maximum atomic E-state index is 5.25. The molecule has 3 heteroatoms. The first kappa shape index (κ1) is 10.4. The summed E-state index contributed by atoms with van der Waals surface area (Å²) in [7, 11) is 1.77. The van der Waals surface area contributed by atoms with Crippen molar-refractivity contribution in [3.63, 3.8) is 0 Å². The third-order valence-electron chi connectivity index (χ3n) is 2.50. The molecule has 0 saturated carbocycles. The topological polar surface area (TPSA) is 21.3 Å². The highest BCUT2D eigenvalue weighted by molar-refractivity contribution is 7.99. The maximum Gasteiger partial charge on any atom is 0.0693 e. The molecule has 72 valence electrons. The third-order valence-corrected chi connectivity index (χ3v) is 3.67. The quantitative estimate of drug-likeness (QED) is 0.724. The van der Waals surface area contributed by atoms with Gasteiger partial charge < -0.3 is 10.1 Å². The third kappa shape index (κ3) is 2.96. The minimum Gasteiger partial charge on any atom is -0.380 e. The van der Waals surface area contributed by atoms with Gasteiger partial charge in [-0.05, 0) is 26.0 Å². The second kappa shape index (κ2) is 5.10. The van der Waals surface area contributed by atoms with Gasteiger partial charge in [-0.25, -0.2) is 0 Å². The van der Waals surface area contributed by atoms with Crippen molar-refractivity contribution >= 4 is 11.8 Å². The molecule has 3 atom stereocenters. The second-order valence-corrected chi connectivity index (χ2v) is 4.61. The zero-order chi connectivity index (χ0) is 8.97. The number of ether oxygens (including phenoxy) is 1. The average molecular weight is 189 g/mol. The van der Waals surface area contributed by atoms with E-state index in [0.717, 1.165) is 0 Å². The van der Waals surface area contributed by atoms with Crippen molar-refractivity contribution in [2.75, 3.05) is 18.6 Å². The van der Waals surface area contributed by atoms with Crippen LogP contribution in [0.3, 0.4) is 0 Å². The van der Waals surface area contributed by atoms with Crippen LogP contribution in [0.25, 0.3) is 0 Å². The molecule has 1 N–H and O–H groups in total. The van der Waals surface area contributed by atoms with Crippen molar-refractivity contribution < 1.29 is 4.74 Å². The fraction of sp³-hybridized carbons (Fsp3) is 1.00. The number of hydrogen-bond acceptors (Lipinski definition) is 3. The first-order chi connectivity index (χ1) is 5.74. The van der Waals surface area contributed by atoms with Crippen LogP contribution < -0.4 is 5.32 Å². The monoisotopic (exact) mass is 189 g/mol. The number of nitrogens with one attached hydrogen (secondary N) is 1. The van der Waals surface area contributed by atoms with Gasteiger partial charge in [-0.15, -0.1) is 0 Å². The molecule has 1 fully saturated rings. The summed E-state index contributed by atoms with van der Waals surface area (Å²) >= 11 is 2.04. The molecule has 1 rings (SSSR count). The molecule has 1 aliphatic rings. The first-order valence-corrected chi connectivity index (χ1v) is 5.76. The van der Waals surface area contributed by atoms with E-state index in [1.54, 1.807) is 7.11 Å². The van der Waals surface area contributed by atoms with E-state index in [0.29, 0.717) is 18.2 Å². The molecule has 12 heavy (non-hydrogen) atoms. The van der Waals surface area contributed by atoms with E-state index >= 15 is 0 Å². The Kier molecular flexibility index (Phi) is 4.40. The largest absolute Gasteiger partial charge is 0.380 e. The van der Waals surface area contributed by atoms with Crippen LogP contribution in [-0.4, -0.2) is 36.8 Å². The molecule has 0 amide bonds. The first-order valence-electron chi connectivity index (χ1n) is 4.60. The van der Waals surface area contributed by atoms with Gasteiger partial charge in [-0.3, -0.25) is 0 Å². The zero-order valence-corrected chi connectivity index (χ0v) is 8.99. The molecule has 0 radical (unpaired) electrons. The Morgan fingerprint density at radius 3 is 2.75 bits per heavy atom. The van der Waals surface area contributed by atoms with E-state index in [9.17, 15) is 0 Å². The standard InChI is InChI=1S/C9H19NOS/c1-7(8(2)11-3)10-9-4-5-12-6-9/h7-10H,4-6H2,1-3H3. The van der Waals surface area contributed by atoms with Gasteiger partial charge in [-0.2, -0.15) is 11.8 Å². The van der Waals surface area contributed by atoms with Crippen LogP contribution in [0.1, 0.15) is 20.3 Å². The zero-order valence-electron chi connectivity index (χ0n) is 8.17. The molecule has 0 aromatic rings. The lowest BCUT2D eigenvalue weighted by molar-refractivity contribution is 0.0855. The molecule has 0 aromatic carbocycles. The normalized spacial score (nSPS) is 28.8. The van der Waals surface area contributed by atoms with Crippen LogP contribution >= 0.6 is 11.8 Å². The molecule has 0 aromatic heterocycles. The smallest absolute Gasteiger partial charge is 0.0693 e. The van der Waals surface area contributed by atoms with Gasteiger partial charge in [0.05, 0.1) is 6.10 Å². The Labute approximate surface area is 79.4 Å². The summed E-state index contributed by atoms with van der Waals surface area (Å²) in [4.78, 5) is 0. The summed E-state index contributed by atoms with van der Waals surface area (Å²) in [6.45, 7) is 4.30. The minimum atomic E-state index is 0.315. The Bertz CT molecular complexity index is 126. The van der Waals surface area contributed by atoms with E-state index in [1.807, 2.05) is 11.8 Å². The lowest BCUT2D eigenvalue weighted by Crippen LogP contribution is -2.43. The highest BCUT2D eigenvalue weighted by Gasteiger charge is 2.19. The molecule has 0 spiro atoms. The Hall–Kier alpha value is 0.270. The lowest BCUT2D eigenvalue weighted by Gasteiger charge is -2.23. The molecular formula is C9H19NOS. The number of hydrogen-bond donors (Lipinski definition) is 1. The number of rotatable bonds is 4. The Morgan fingerprint density at radius 2 is 2.25 bits per heavy atom. The van der Waals surface area contributed by atoms with Gasteiger partial charge in [0.1, 0.15) is 0 Å². The molecule has 2 nitrogen and oxygen atoms in total. The molecule has 1 heterocycles. The van der Waals surface area contributed by atoms with Crippen molar-refractivity contribution in [3.05, 3.63) is 0 Å².